The number of amides is 1. The molecule has 1 aliphatic rings. The summed E-state index contributed by atoms with van der Waals surface area (Å²) in [7, 11) is 1.64. The van der Waals surface area contributed by atoms with Crippen LogP contribution in [0.4, 0.5) is 5.69 Å². The van der Waals surface area contributed by atoms with Gasteiger partial charge in [0.1, 0.15) is 11.8 Å². The van der Waals surface area contributed by atoms with Gasteiger partial charge >= 0.3 is 0 Å². The average molecular weight is 447 g/mol. The summed E-state index contributed by atoms with van der Waals surface area (Å²) in [5.41, 5.74) is 6.88. The molecule has 0 fully saturated rings. The van der Waals surface area contributed by atoms with Crippen LogP contribution in [0.2, 0.25) is 5.02 Å². The predicted octanol–water partition coefficient (Wildman–Crippen LogP) is 5.87. The van der Waals surface area contributed by atoms with Gasteiger partial charge in [-0.2, -0.15) is 0 Å². The fourth-order valence-electron chi connectivity index (χ4n) is 4.03. The number of aryl methyl sites for hydroxylation is 2. The number of hydrogen-bond donors (Lipinski definition) is 1. The largest absolute Gasteiger partial charge is 0.497 e. The van der Waals surface area contributed by atoms with Gasteiger partial charge in [-0.25, -0.2) is 0 Å². The third-order valence-corrected chi connectivity index (χ3v) is 6.04. The van der Waals surface area contributed by atoms with Crippen LogP contribution in [0, 0.1) is 0 Å². The molecule has 1 amide bonds. The number of carbonyl (C=O) groups excluding carboxylic acids is 1. The Morgan fingerprint density at radius 2 is 1.59 bits per heavy atom. The molecule has 4 rings (SSSR count). The van der Waals surface area contributed by atoms with E-state index in [1.54, 1.807) is 13.2 Å². The molecule has 0 aliphatic carbocycles. The first-order valence-electron chi connectivity index (χ1n) is 11.0. The van der Waals surface area contributed by atoms with Gasteiger partial charge in [0.25, 0.3) is 0 Å². The maximum absolute atomic E-state index is 13.2. The van der Waals surface area contributed by atoms with Crippen LogP contribution in [0.15, 0.2) is 65.7 Å². The van der Waals surface area contributed by atoms with Gasteiger partial charge in [-0.1, -0.05) is 43.6 Å². The average Bonchev–Trinajstić information content (AvgIpc) is 2.95. The fourth-order valence-corrected chi connectivity index (χ4v) is 4.20. The van der Waals surface area contributed by atoms with Gasteiger partial charge in [0, 0.05) is 22.6 Å². The number of carbonyl (C=O) groups is 1. The molecule has 0 spiro atoms. The second-order valence-corrected chi connectivity index (χ2v) is 8.41. The molecule has 1 N–H and O–H groups in total. The first-order chi connectivity index (χ1) is 15.5. The highest BCUT2D eigenvalue weighted by Crippen LogP contribution is 2.29. The molecule has 4 nitrogen and oxygen atoms in total. The van der Waals surface area contributed by atoms with Crippen molar-refractivity contribution in [3.63, 3.8) is 0 Å². The second kappa shape index (κ2) is 9.58. The summed E-state index contributed by atoms with van der Waals surface area (Å²) in [6.45, 7) is 4.30. The first-order valence-corrected chi connectivity index (χ1v) is 11.3. The molecule has 1 aliphatic heterocycles. The van der Waals surface area contributed by atoms with E-state index in [4.69, 9.17) is 21.3 Å². The molecule has 5 heteroatoms. The molecule has 0 aromatic heterocycles. The van der Waals surface area contributed by atoms with E-state index in [9.17, 15) is 4.79 Å². The lowest BCUT2D eigenvalue weighted by molar-refractivity contribution is -0.117. The minimum atomic E-state index is -0.546. The molecule has 0 bridgehead atoms. The fraction of sp³-hybridized carbons (Fsp3) is 0.259. The number of halogens is 1. The number of anilines is 1. The summed E-state index contributed by atoms with van der Waals surface area (Å²) in [5, 5.41) is 3.66. The van der Waals surface area contributed by atoms with Gasteiger partial charge in [0.05, 0.1) is 18.5 Å². The lowest BCUT2D eigenvalue weighted by Crippen LogP contribution is -2.27. The zero-order valence-corrected chi connectivity index (χ0v) is 19.4. The van der Waals surface area contributed by atoms with Gasteiger partial charge in [-0.3, -0.25) is 9.79 Å². The first kappa shape index (κ1) is 22.1. The van der Waals surface area contributed by atoms with Crippen molar-refractivity contribution in [3.8, 4) is 5.75 Å². The number of ether oxygens (including phenoxy) is 1. The molecule has 32 heavy (non-hydrogen) atoms. The number of aliphatic imine (C=N–C) groups is 1. The summed E-state index contributed by atoms with van der Waals surface area (Å²) in [6, 6.07) is 19.3. The van der Waals surface area contributed by atoms with Crippen molar-refractivity contribution in [2.24, 2.45) is 4.99 Å². The van der Waals surface area contributed by atoms with E-state index in [0.29, 0.717) is 17.1 Å². The SMILES string of the molecule is CCc1cc(CC)cc(CC2N=C(c3ccc(OC)cc3)c3cc(Cl)ccc3NC2=O)c1. The summed E-state index contributed by atoms with van der Waals surface area (Å²) in [5.74, 6) is 0.653. The Morgan fingerprint density at radius 3 is 2.22 bits per heavy atom. The van der Waals surface area contributed by atoms with E-state index < -0.39 is 6.04 Å². The van der Waals surface area contributed by atoms with E-state index in [1.807, 2.05) is 36.4 Å². The Kier molecular flexibility index (Phi) is 6.61. The zero-order chi connectivity index (χ0) is 22.7. The summed E-state index contributed by atoms with van der Waals surface area (Å²) >= 11 is 6.31. The number of nitrogens with one attached hydrogen (secondary N) is 1. The molecule has 1 atom stereocenters. The Morgan fingerprint density at radius 1 is 0.938 bits per heavy atom. The molecule has 0 saturated heterocycles. The molecular formula is C27H27ClN2O2. The van der Waals surface area contributed by atoms with E-state index in [0.717, 1.165) is 41.0 Å². The molecule has 0 radical (unpaired) electrons. The number of fused-ring (bicyclic) bond motifs is 1. The number of rotatable bonds is 6. The molecule has 3 aromatic rings. The van der Waals surface area contributed by atoms with Crippen LogP contribution in [-0.4, -0.2) is 24.8 Å². The lowest BCUT2D eigenvalue weighted by Gasteiger charge is -2.14. The highest BCUT2D eigenvalue weighted by atomic mass is 35.5. The van der Waals surface area contributed by atoms with Crippen LogP contribution in [0.1, 0.15) is 41.7 Å². The molecule has 164 valence electrons. The van der Waals surface area contributed by atoms with Crippen LogP contribution in [0.5, 0.6) is 5.75 Å². The Balaban J connectivity index is 1.79. The standard InChI is InChI=1S/C27H27ClN2O2/c1-4-17-12-18(5-2)14-19(13-17)15-25-27(31)30-24-11-8-21(28)16-23(24)26(29-25)20-6-9-22(32-3)10-7-20/h6-14,16,25H,4-5,15H2,1-3H3,(H,30,31). The summed E-state index contributed by atoms with van der Waals surface area (Å²) < 4.78 is 5.30. The Hall–Kier alpha value is -3.11. The smallest absolute Gasteiger partial charge is 0.249 e. The van der Waals surface area contributed by atoms with Crippen molar-refractivity contribution in [2.75, 3.05) is 12.4 Å². The monoisotopic (exact) mass is 446 g/mol. The minimum Gasteiger partial charge on any atom is -0.497 e. The molecule has 3 aromatic carbocycles. The third-order valence-electron chi connectivity index (χ3n) is 5.80. The van der Waals surface area contributed by atoms with Crippen molar-refractivity contribution in [1.29, 1.82) is 0 Å². The van der Waals surface area contributed by atoms with Crippen molar-refractivity contribution in [1.82, 2.24) is 0 Å². The third kappa shape index (κ3) is 4.71. The Bertz CT molecular complexity index is 1150. The second-order valence-electron chi connectivity index (χ2n) is 7.97. The van der Waals surface area contributed by atoms with Crippen molar-refractivity contribution < 1.29 is 9.53 Å². The maximum atomic E-state index is 13.2. The highest BCUT2D eigenvalue weighted by Gasteiger charge is 2.26. The number of methoxy groups -OCH3 is 1. The highest BCUT2D eigenvalue weighted by molar-refractivity contribution is 6.32. The molecule has 0 saturated carbocycles. The van der Waals surface area contributed by atoms with Crippen LogP contribution < -0.4 is 10.1 Å². The van der Waals surface area contributed by atoms with Crippen LogP contribution in [0.3, 0.4) is 0 Å². The van der Waals surface area contributed by atoms with Crippen molar-refractivity contribution in [3.05, 3.63) is 93.5 Å². The van der Waals surface area contributed by atoms with Gasteiger partial charge in [-0.05, 0) is 72.0 Å². The van der Waals surface area contributed by atoms with Gasteiger partial charge < -0.3 is 10.1 Å². The van der Waals surface area contributed by atoms with E-state index in [2.05, 4.69) is 37.4 Å². The molecular weight excluding hydrogens is 420 g/mol. The topological polar surface area (TPSA) is 50.7 Å². The van der Waals surface area contributed by atoms with E-state index >= 15 is 0 Å². The Labute approximate surface area is 194 Å². The van der Waals surface area contributed by atoms with E-state index in [1.165, 1.54) is 11.1 Å². The quantitative estimate of drug-likeness (QED) is 0.514. The van der Waals surface area contributed by atoms with Gasteiger partial charge in [0.15, 0.2) is 0 Å². The van der Waals surface area contributed by atoms with Crippen LogP contribution in [0.25, 0.3) is 0 Å². The normalized spacial score (nSPS) is 15.4. The van der Waals surface area contributed by atoms with Gasteiger partial charge in [-0.15, -0.1) is 0 Å². The van der Waals surface area contributed by atoms with Crippen LogP contribution in [-0.2, 0) is 24.1 Å². The number of nitrogens with zero attached hydrogens (tertiary/aromatic N) is 1. The summed E-state index contributed by atoms with van der Waals surface area (Å²) in [4.78, 5) is 18.2. The van der Waals surface area contributed by atoms with Crippen molar-refractivity contribution in [2.45, 2.75) is 39.2 Å². The molecule has 1 unspecified atom stereocenters. The van der Waals surface area contributed by atoms with Crippen molar-refractivity contribution >= 4 is 28.9 Å². The lowest BCUT2D eigenvalue weighted by atomic mass is 9.97. The number of hydrogen-bond acceptors (Lipinski definition) is 3. The molecule has 1 heterocycles. The van der Waals surface area contributed by atoms with E-state index in [-0.39, 0.29) is 5.91 Å². The number of benzodiazepines with no additional fused rings is 1. The minimum absolute atomic E-state index is 0.114. The zero-order valence-electron chi connectivity index (χ0n) is 18.6. The number of benzene rings is 3. The van der Waals surface area contributed by atoms with Crippen LogP contribution >= 0.6 is 11.6 Å². The predicted molar refractivity (Wildman–Crippen MR) is 131 cm³/mol. The summed E-state index contributed by atoms with van der Waals surface area (Å²) in [6.07, 6.45) is 2.46. The van der Waals surface area contributed by atoms with Gasteiger partial charge in [0.2, 0.25) is 5.91 Å². The maximum Gasteiger partial charge on any atom is 0.249 e.